The molecule has 0 radical (unpaired) electrons. The lowest BCUT2D eigenvalue weighted by Crippen LogP contribution is -2.44. The number of benzene rings is 2. The first kappa shape index (κ1) is 23.0. The van der Waals surface area contributed by atoms with E-state index < -0.39 is 24.0 Å². The molecule has 1 aliphatic rings. The number of carbonyl (C=O) groups is 3. The second-order valence-corrected chi connectivity index (χ2v) is 7.81. The molecule has 34 heavy (non-hydrogen) atoms. The Morgan fingerprint density at radius 3 is 2.29 bits per heavy atom. The van der Waals surface area contributed by atoms with Crippen LogP contribution in [-0.4, -0.2) is 59.2 Å². The number of amides is 2. The van der Waals surface area contributed by atoms with Crippen molar-refractivity contribution in [3.05, 3.63) is 71.4 Å². The van der Waals surface area contributed by atoms with Crippen molar-refractivity contribution in [2.24, 2.45) is 7.05 Å². The van der Waals surface area contributed by atoms with E-state index in [0.717, 1.165) is 22.3 Å². The number of hydrogen-bond donors (Lipinski definition) is 3. The zero-order chi connectivity index (χ0) is 24.2. The molecule has 10 nitrogen and oxygen atoms in total. The van der Waals surface area contributed by atoms with E-state index in [-0.39, 0.29) is 30.6 Å². The Bertz CT molecular complexity index is 1190. The van der Waals surface area contributed by atoms with Crippen LogP contribution in [-0.2, 0) is 21.3 Å². The van der Waals surface area contributed by atoms with Crippen molar-refractivity contribution in [2.75, 3.05) is 25.6 Å². The molecule has 176 valence electrons. The normalized spacial score (nSPS) is 13.0. The molecule has 2 amide bonds. The monoisotopic (exact) mass is 464 g/mol. The number of rotatable bonds is 8. The van der Waals surface area contributed by atoms with Crippen LogP contribution in [0.25, 0.3) is 11.1 Å². The maximum atomic E-state index is 12.5. The first-order valence-corrected chi connectivity index (χ1v) is 10.6. The number of methoxy groups -OCH3 is 1. The summed E-state index contributed by atoms with van der Waals surface area (Å²) in [4.78, 5) is 36.1. The Kier molecular flexibility index (Phi) is 6.60. The predicted octanol–water partition coefficient (Wildman–Crippen LogP) is 2.61. The standard InChI is InChI=1S/C24H24N4O6/c1-28-21(11-19(27-28)22(29)25-20(13-33-2)23(30)31)26-24(32)34-12-18-16-9-5-3-7-14(16)15-8-4-6-10-17(15)18/h3-11,18,20H,12-13H2,1-2H3,(H,25,29)(H,26,32)(H,30,31)/t20-/m0/s1. The summed E-state index contributed by atoms with van der Waals surface area (Å²) >= 11 is 0. The Labute approximate surface area is 195 Å². The fourth-order valence-electron chi connectivity index (χ4n) is 4.01. The number of nitrogens with zero attached hydrogens (tertiary/aromatic N) is 2. The van der Waals surface area contributed by atoms with Crippen LogP contribution in [0, 0.1) is 0 Å². The number of carboxylic acids is 1. The van der Waals surface area contributed by atoms with Crippen LogP contribution in [0.2, 0.25) is 0 Å². The van der Waals surface area contributed by atoms with Gasteiger partial charge in [0.25, 0.3) is 5.91 Å². The summed E-state index contributed by atoms with van der Waals surface area (Å²) in [7, 11) is 2.87. The number of aromatic nitrogens is 2. The molecular formula is C24H24N4O6. The van der Waals surface area contributed by atoms with Gasteiger partial charge >= 0.3 is 12.1 Å². The third-order valence-corrected chi connectivity index (χ3v) is 5.62. The summed E-state index contributed by atoms with van der Waals surface area (Å²) in [6.07, 6.45) is -0.695. The van der Waals surface area contributed by atoms with Crippen molar-refractivity contribution < 1.29 is 29.0 Å². The number of anilines is 1. The van der Waals surface area contributed by atoms with Crippen molar-refractivity contribution in [3.63, 3.8) is 0 Å². The van der Waals surface area contributed by atoms with Gasteiger partial charge in [-0.25, -0.2) is 9.59 Å². The SMILES string of the molecule is COC[C@H](NC(=O)c1cc(NC(=O)OCC2c3ccccc3-c3ccccc32)n(C)n1)C(=O)O. The first-order valence-electron chi connectivity index (χ1n) is 10.6. The minimum absolute atomic E-state index is 0.0567. The van der Waals surface area contributed by atoms with E-state index in [2.05, 4.69) is 27.9 Å². The smallest absolute Gasteiger partial charge is 0.412 e. The lowest BCUT2D eigenvalue weighted by Gasteiger charge is -2.14. The van der Waals surface area contributed by atoms with Crippen LogP contribution in [0.4, 0.5) is 10.6 Å². The average molecular weight is 464 g/mol. The maximum Gasteiger partial charge on any atom is 0.412 e. The van der Waals surface area contributed by atoms with Gasteiger partial charge in [0, 0.05) is 26.1 Å². The number of nitrogens with one attached hydrogen (secondary N) is 2. The van der Waals surface area contributed by atoms with E-state index in [0.29, 0.717) is 0 Å². The minimum Gasteiger partial charge on any atom is -0.480 e. The molecule has 0 aliphatic heterocycles. The van der Waals surface area contributed by atoms with Gasteiger partial charge in [0.05, 0.1) is 6.61 Å². The molecule has 3 N–H and O–H groups in total. The topological polar surface area (TPSA) is 132 Å². The Hall–Kier alpha value is -4.18. The molecule has 1 heterocycles. The number of hydrogen-bond acceptors (Lipinski definition) is 6. The number of carboxylic acid groups (broad SMARTS) is 1. The quantitative estimate of drug-likeness (QED) is 0.467. The number of fused-ring (bicyclic) bond motifs is 3. The third kappa shape index (κ3) is 4.62. The van der Waals surface area contributed by atoms with Gasteiger partial charge in [-0.1, -0.05) is 48.5 Å². The fraction of sp³-hybridized carbons (Fsp3) is 0.250. The van der Waals surface area contributed by atoms with E-state index >= 15 is 0 Å². The van der Waals surface area contributed by atoms with Crippen molar-refractivity contribution >= 4 is 23.8 Å². The van der Waals surface area contributed by atoms with Crippen LogP contribution in [0.15, 0.2) is 54.6 Å². The van der Waals surface area contributed by atoms with E-state index in [1.165, 1.54) is 17.9 Å². The Morgan fingerprint density at radius 1 is 1.09 bits per heavy atom. The van der Waals surface area contributed by atoms with Crippen molar-refractivity contribution in [1.82, 2.24) is 15.1 Å². The van der Waals surface area contributed by atoms with Gasteiger partial charge in [0.15, 0.2) is 11.7 Å². The molecule has 4 rings (SSSR count). The Balaban J connectivity index is 1.40. The van der Waals surface area contributed by atoms with Gasteiger partial charge in [0.1, 0.15) is 12.4 Å². The molecule has 0 unspecified atom stereocenters. The van der Waals surface area contributed by atoms with E-state index in [4.69, 9.17) is 14.6 Å². The van der Waals surface area contributed by atoms with Crippen molar-refractivity contribution in [1.29, 1.82) is 0 Å². The number of ether oxygens (including phenoxy) is 2. The van der Waals surface area contributed by atoms with Gasteiger partial charge in [-0.3, -0.25) is 14.8 Å². The summed E-state index contributed by atoms with van der Waals surface area (Å²) < 4.78 is 11.6. The Morgan fingerprint density at radius 2 is 1.71 bits per heavy atom. The zero-order valence-electron chi connectivity index (χ0n) is 18.6. The molecule has 0 bridgehead atoms. The van der Waals surface area contributed by atoms with Gasteiger partial charge < -0.3 is 19.9 Å². The average Bonchev–Trinajstić information content (AvgIpc) is 3.35. The molecule has 1 atom stereocenters. The highest BCUT2D eigenvalue weighted by Gasteiger charge is 2.29. The van der Waals surface area contributed by atoms with Crippen LogP contribution < -0.4 is 10.6 Å². The van der Waals surface area contributed by atoms with Gasteiger partial charge in [-0.05, 0) is 22.3 Å². The molecule has 0 spiro atoms. The summed E-state index contributed by atoms with van der Waals surface area (Å²) in [6.45, 7) is -0.0544. The molecule has 1 aliphatic carbocycles. The second-order valence-electron chi connectivity index (χ2n) is 7.81. The van der Waals surface area contributed by atoms with Crippen molar-refractivity contribution in [2.45, 2.75) is 12.0 Å². The molecule has 2 aromatic carbocycles. The highest BCUT2D eigenvalue weighted by Crippen LogP contribution is 2.44. The van der Waals surface area contributed by atoms with Crippen LogP contribution in [0.5, 0.6) is 0 Å². The van der Waals surface area contributed by atoms with Crippen LogP contribution in [0.3, 0.4) is 0 Å². The van der Waals surface area contributed by atoms with E-state index in [1.807, 2.05) is 36.4 Å². The summed E-state index contributed by atoms with van der Waals surface area (Å²) in [5.41, 5.74) is 4.39. The van der Waals surface area contributed by atoms with E-state index in [1.54, 1.807) is 7.05 Å². The molecule has 1 aromatic heterocycles. The summed E-state index contributed by atoms with van der Waals surface area (Å²) in [5, 5.41) is 18.1. The minimum atomic E-state index is -1.23. The number of aliphatic carboxylic acids is 1. The lowest BCUT2D eigenvalue weighted by molar-refractivity contribution is -0.140. The van der Waals surface area contributed by atoms with Crippen LogP contribution in [0.1, 0.15) is 27.5 Å². The molecule has 3 aromatic rings. The van der Waals surface area contributed by atoms with Gasteiger partial charge in [-0.15, -0.1) is 0 Å². The predicted molar refractivity (Wildman–Crippen MR) is 123 cm³/mol. The first-order chi connectivity index (χ1) is 16.4. The zero-order valence-corrected chi connectivity index (χ0v) is 18.6. The molecule has 0 fully saturated rings. The lowest BCUT2D eigenvalue weighted by atomic mass is 9.98. The van der Waals surface area contributed by atoms with Gasteiger partial charge in [0.2, 0.25) is 0 Å². The van der Waals surface area contributed by atoms with Gasteiger partial charge in [-0.2, -0.15) is 5.10 Å². The third-order valence-electron chi connectivity index (χ3n) is 5.62. The maximum absolute atomic E-state index is 12.5. The summed E-state index contributed by atoms with van der Waals surface area (Å²) in [5.74, 6) is -1.80. The molecular weight excluding hydrogens is 440 g/mol. The van der Waals surface area contributed by atoms with E-state index in [9.17, 15) is 14.4 Å². The molecule has 0 saturated heterocycles. The fourth-order valence-corrected chi connectivity index (χ4v) is 4.01. The number of aryl methyl sites for hydroxylation is 1. The van der Waals surface area contributed by atoms with Crippen molar-refractivity contribution in [3.8, 4) is 11.1 Å². The van der Waals surface area contributed by atoms with Crippen LogP contribution >= 0.6 is 0 Å². The summed E-state index contributed by atoms with van der Waals surface area (Å²) in [6, 6.07) is 16.2. The highest BCUT2D eigenvalue weighted by atomic mass is 16.5. The number of carbonyl (C=O) groups excluding carboxylic acids is 2. The molecule has 10 heteroatoms. The highest BCUT2D eigenvalue weighted by molar-refractivity contribution is 5.96. The second kappa shape index (κ2) is 9.75. The largest absolute Gasteiger partial charge is 0.480 e. The molecule has 0 saturated carbocycles.